The summed E-state index contributed by atoms with van der Waals surface area (Å²) >= 11 is 18.2. The van der Waals surface area contributed by atoms with E-state index in [1.807, 2.05) is 6.07 Å². The first-order valence-electron chi connectivity index (χ1n) is 5.97. The van der Waals surface area contributed by atoms with Gasteiger partial charge in [0.15, 0.2) is 5.84 Å². The van der Waals surface area contributed by atoms with E-state index < -0.39 is 0 Å². The molecule has 0 bridgehead atoms. The van der Waals surface area contributed by atoms with Gasteiger partial charge in [0.25, 0.3) is 0 Å². The summed E-state index contributed by atoms with van der Waals surface area (Å²) in [5.74, 6) is 0.00861. The van der Waals surface area contributed by atoms with Gasteiger partial charge in [-0.1, -0.05) is 58.2 Å². The lowest BCUT2D eigenvalue weighted by Gasteiger charge is -2.11. The second-order valence-electron chi connectivity index (χ2n) is 4.25. The molecule has 0 fully saturated rings. The first-order chi connectivity index (χ1) is 10.0. The molecule has 4 nitrogen and oxygen atoms in total. The van der Waals surface area contributed by atoms with Crippen LogP contribution in [0, 0.1) is 0 Å². The number of nitrogens with zero attached hydrogens (tertiary/aromatic N) is 1. The Kier molecular flexibility index (Phi) is 5.17. The maximum absolute atomic E-state index is 8.64. The molecule has 110 valence electrons. The Balaban J connectivity index is 2.15. The third-order valence-electron chi connectivity index (χ3n) is 2.88. The average Bonchev–Trinajstić information content (AvgIpc) is 2.49. The summed E-state index contributed by atoms with van der Waals surface area (Å²) < 4.78 is 0. The van der Waals surface area contributed by atoms with Gasteiger partial charge in [0, 0.05) is 17.1 Å². The van der Waals surface area contributed by atoms with Crippen molar-refractivity contribution < 1.29 is 5.21 Å². The number of anilines is 1. The van der Waals surface area contributed by atoms with Crippen LogP contribution in [0.4, 0.5) is 5.69 Å². The molecule has 2 rings (SSSR count). The average molecular weight is 345 g/mol. The fraction of sp³-hybridized carbons (Fsp3) is 0.0714. The van der Waals surface area contributed by atoms with Crippen molar-refractivity contribution >= 4 is 46.3 Å². The fourth-order valence-electron chi connectivity index (χ4n) is 1.74. The van der Waals surface area contributed by atoms with Gasteiger partial charge in [-0.25, -0.2) is 0 Å². The summed E-state index contributed by atoms with van der Waals surface area (Å²) in [7, 11) is 0. The minimum atomic E-state index is 0.00861. The Morgan fingerprint density at radius 2 is 1.90 bits per heavy atom. The monoisotopic (exact) mass is 343 g/mol. The highest BCUT2D eigenvalue weighted by molar-refractivity contribution is 6.43. The lowest BCUT2D eigenvalue weighted by molar-refractivity contribution is 0.318. The summed E-state index contributed by atoms with van der Waals surface area (Å²) in [6.07, 6.45) is 0. The van der Waals surface area contributed by atoms with Crippen LogP contribution in [0.15, 0.2) is 41.6 Å². The Morgan fingerprint density at radius 1 is 1.14 bits per heavy atom. The third kappa shape index (κ3) is 3.73. The number of hydrogen-bond acceptors (Lipinski definition) is 3. The van der Waals surface area contributed by atoms with Crippen molar-refractivity contribution in [3.8, 4) is 0 Å². The maximum Gasteiger partial charge on any atom is 0.170 e. The van der Waals surface area contributed by atoms with Crippen molar-refractivity contribution in [3.05, 3.63) is 62.6 Å². The van der Waals surface area contributed by atoms with Gasteiger partial charge < -0.3 is 16.3 Å². The molecule has 0 aliphatic carbocycles. The van der Waals surface area contributed by atoms with Crippen molar-refractivity contribution in [3.63, 3.8) is 0 Å². The highest BCUT2D eigenvalue weighted by Gasteiger charge is 2.07. The number of benzene rings is 2. The van der Waals surface area contributed by atoms with Crippen molar-refractivity contribution in [1.29, 1.82) is 0 Å². The zero-order valence-corrected chi connectivity index (χ0v) is 13.0. The van der Waals surface area contributed by atoms with Crippen molar-refractivity contribution in [1.82, 2.24) is 0 Å². The van der Waals surface area contributed by atoms with E-state index in [2.05, 4.69) is 10.5 Å². The zero-order valence-electron chi connectivity index (χ0n) is 10.8. The molecule has 0 aliphatic rings. The molecule has 0 unspecified atom stereocenters. The van der Waals surface area contributed by atoms with Gasteiger partial charge in [0.05, 0.1) is 15.7 Å². The van der Waals surface area contributed by atoms with Crippen LogP contribution in [-0.2, 0) is 6.54 Å². The van der Waals surface area contributed by atoms with Crippen LogP contribution < -0.4 is 11.1 Å². The molecule has 2 aromatic carbocycles. The Labute approximate surface area is 137 Å². The Morgan fingerprint density at radius 3 is 2.57 bits per heavy atom. The van der Waals surface area contributed by atoms with Crippen LogP contribution in [0.25, 0.3) is 0 Å². The van der Waals surface area contributed by atoms with Crippen LogP contribution in [0.1, 0.15) is 11.1 Å². The fourth-order valence-corrected chi connectivity index (χ4v) is 2.35. The number of nitrogens with two attached hydrogens (primary N) is 1. The SMILES string of the molecule is N/C(=N/O)c1ccc(CNc2cccc(Cl)c2Cl)c(Cl)c1. The molecule has 4 N–H and O–H groups in total. The molecular formula is C14H12Cl3N3O. The number of oxime groups is 1. The van der Waals surface area contributed by atoms with E-state index in [-0.39, 0.29) is 5.84 Å². The van der Waals surface area contributed by atoms with E-state index in [4.69, 9.17) is 45.7 Å². The van der Waals surface area contributed by atoms with Gasteiger partial charge >= 0.3 is 0 Å². The molecule has 7 heteroatoms. The minimum Gasteiger partial charge on any atom is -0.409 e. The molecule has 0 aliphatic heterocycles. The van der Waals surface area contributed by atoms with Gasteiger partial charge in [-0.3, -0.25) is 0 Å². The topological polar surface area (TPSA) is 70.6 Å². The molecule has 0 radical (unpaired) electrons. The van der Waals surface area contributed by atoms with Gasteiger partial charge in [-0.05, 0) is 23.8 Å². The van der Waals surface area contributed by atoms with E-state index in [9.17, 15) is 0 Å². The van der Waals surface area contributed by atoms with Crippen LogP contribution >= 0.6 is 34.8 Å². The number of nitrogens with one attached hydrogen (secondary N) is 1. The summed E-state index contributed by atoms with van der Waals surface area (Å²) in [5, 5.41) is 16.2. The van der Waals surface area contributed by atoms with Crippen molar-refractivity contribution in [2.45, 2.75) is 6.54 Å². The molecule has 2 aromatic rings. The number of hydrogen-bond donors (Lipinski definition) is 3. The second kappa shape index (κ2) is 6.89. The van der Waals surface area contributed by atoms with Gasteiger partial charge in [0.1, 0.15) is 0 Å². The van der Waals surface area contributed by atoms with Crippen LogP contribution in [0.3, 0.4) is 0 Å². The maximum atomic E-state index is 8.64. The number of amidine groups is 1. The molecule has 0 spiro atoms. The summed E-state index contributed by atoms with van der Waals surface area (Å²) in [6, 6.07) is 10.5. The quantitative estimate of drug-likeness (QED) is 0.334. The standard InChI is InChI=1S/C14H12Cl3N3O/c15-10-2-1-3-12(13(10)17)19-7-9-5-4-8(6-11(9)16)14(18)20-21/h1-6,19,21H,7H2,(H2,18,20). The molecule has 21 heavy (non-hydrogen) atoms. The normalized spacial score (nSPS) is 11.5. The summed E-state index contributed by atoms with van der Waals surface area (Å²) in [5.41, 5.74) is 7.63. The molecule has 0 aromatic heterocycles. The van der Waals surface area contributed by atoms with Crippen LogP contribution in [-0.4, -0.2) is 11.0 Å². The molecule has 0 heterocycles. The highest BCUT2D eigenvalue weighted by Crippen LogP contribution is 2.30. The number of rotatable bonds is 4. The van der Waals surface area contributed by atoms with Crippen LogP contribution in [0.2, 0.25) is 15.1 Å². The predicted octanol–water partition coefficient (Wildman–Crippen LogP) is 4.35. The molecule has 0 amide bonds. The Bertz CT molecular complexity index is 689. The Hall–Kier alpha value is -1.62. The van der Waals surface area contributed by atoms with Gasteiger partial charge in [-0.15, -0.1) is 0 Å². The van der Waals surface area contributed by atoms with Crippen LogP contribution in [0.5, 0.6) is 0 Å². The van der Waals surface area contributed by atoms with Crippen molar-refractivity contribution in [2.75, 3.05) is 5.32 Å². The van der Waals surface area contributed by atoms with E-state index in [0.717, 1.165) is 11.3 Å². The summed E-state index contributed by atoms with van der Waals surface area (Å²) in [4.78, 5) is 0. The summed E-state index contributed by atoms with van der Waals surface area (Å²) in [6.45, 7) is 0.468. The lowest BCUT2D eigenvalue weighted by Crippen LogP contribution is -2.13. The molecule has 0 saturated heterocycles. The van der Waals surface area contributed by atoms with E-state index in [1.54, 1.807) is 30.3 Å². The van der Waals surface area contributed by atoms with Gasteiger partial charge in [-0.2, -0.15) is 0 Å². The first-order valence-corrected chi connectivity index (χ1v) is 7.10. The number of halogens is 3. The smallest absolute Gasteiger partial charge is 0.170 e. The molecule has 0 saturated carbocycles. The minimum absolute atomic E-state index is 0.00861. The third-order valence-corrected chi connectivity index (χ3v) is 4.05. The second-order valence-corrected chi connectivity index (χ2v) is 5.44. The van der Waals surface area contributed by atoms with Gasteiger partial charge in [0.2, 0.25) is 0 Å². The zero-order chi connectivity index (χ0) is 15.4. The highest BCUT2D eigenvalue weighted by atomic mass is 35.5. The van der Waals surface area contributed by atoms with E-state index >= 15 is 0 Å². The first kappa shape index (κ1) is 15.8. The van der Waals surface area contributed by atoms with Crippen molar-refractivity contribution in [2.24, 2.45) is 10.9 Å². The van der Waals surface area contributed by atoms with E-state index in [0.29, 0.717) is 27.2 Å². The van der Waals surface area contributed by atoms with E-state index in [1.165, 1.54) is 0 Å². The lowest BCUT2D eigenvalue weighted by atomic mass is 10.1. The largest absolute Gasteiger partial charge is 0.409 e. The molecular weight excluding hydrogens is 333 g/mol. The molecule has 0 atom stereocenters. The predicted molar refractivity (Wildman–Crippen MR) is 87.8 cm³/mol.